The summed E-state index contributed by atoms with van der Waals surface area (Å²) in [7, 11) is -3.29. The van der Waals surface area contributed by atoms with E-state index < -0.39 is 10.0 Å². The van der Waals surface area contributed by atoms with Crippen molar-refractivity contribution in [3.8, 4) is 0 Å². The fraction of sp³-hybridized carbons (Fsp3) is 0.786. The Kier molecular flexibility index (Phi) is 5.40. The van der Waals surface area contributed by atoms with Crippen molar-refractivity contribution in [2.45, 2.75) is 52.3 Å². The Morgan fingerprint density at radius 2 is 2.29 bits per heavy atom. The Bertz CT molecular complexity index is 554. The van der Waals surface area contributed by atoms with Crippen molar-refractivity contribution >= 4 is 10.0 Å². The van der Waals surface area contributed by atoms with Crippen LogP contribution < -0.4 is 4.72 Å². The van der Waals surface area contributed by atoms with Gasteiger partial charge in [-0.15, -0.1) is 0 Å². The number of rotatable bonds is 6. The van der Waals surface area contributed by atoms with Gasteiger partial charge >= 0.3 is 0 Å². The third kappa shape index (κ3) is 4.28. The van der Waals surface area contributed by atoms with Gasteiger partial charge in [-0.05, 0) is 25.7 Å². The molecule has 2 rings (SSSR count). The van der Waals surface area contributed by atoms with Gasteiger partial charge in [-0.3, -0.25) is 0 Å². The van der Waals surface area contributed by atoms with E-state index in [1.165, 1.54) is 0 Å². The van der Waals surface area contributed by atoms with Crippen molar-refractivity contribution in [1.82, 2.24) is 14.3 Å². The first-order valence-electron chi connectivity index (χ1n) is 7.55. The molecule has 1 aliphatic rings. The van der Waals surface area contributed by atoms with E-state index in [1.807, 2.05) is 31.5 Å². The molecule has 0 unspecified atom stereocenters. The lowest BCUT2D eigenvalue weighted by atomic mass is 10.0. The molecular formula is C14H25N3O3S. The number of sulfonamides is 1. The molecule has 0 amide bonds. The van der Waals surface area contributed by atoms with Crippen molar-refractivity contribution in [2.75, 3.05) is 12.4 Å². The van der Waals surface area contributed by atoms with Gasteiger partial charge in [0.2, 0.25) is 10.0 Å². The highest BCUT2D eigenvalue weighted by Crippen LogP contribution is 2.28. The molecular weight excluding hydrogens is 290 g/mol. The molecule has 0 aliphatic carbocycles. The van der Waals surface area contributed by atoms with Crippen LogP contribution in [0, 0.1) is 5.92 Å². The summed E-state index contributed by atoms with van der Waals surface area (Å²) >= 11 is 0. The normalized spacial score (nSPS) is 23.6. The van der Waals surface area contributed by atoms with Crippen molar-refractivity contribution < 1.29 is 13.2 Å². The van der Waals surface area contributed by atoms with Crippen molar-refractivity contribution in [2.24, 2.45) is 5.92 Å². The predicted molar refractivity (Wildman–Crippen MR) is 81.4 cm³/mol. The summed E-state index contributed by atoms with van der Waals surface area (Å²) < 4.78 is 35.0. The lowest BCUT2D eigenvalue weighted by molar-refractivity contribution is -0.0116. The Balaban J connectivity index is 2.16. The average molecular weight is 315 g/mol. The largest absolute Gasteiger partial charge is 0.369 e. The van der Waals surface area contributed by atoms with Gasteiger partial charge < -0.3 is 9.30 Å². The number of nitrogens with one attached hydrogen (secondary N) is 1. The first-order valence-corrected chi connectivity index (χ1v) is 9.20. The van der Waals surface area contributed by atoms with Crippen LogP contribution in [0.5, 0.6) is 0 Å². The fourth-order valence-electron chi connectivity index (χ4n) is 2.72. The zero-order valence-electron chi connectivity index (χ0n) is 12.9. The van der Waals surface area contributed by atoms with E-state index in [4.69, 9.17) is 4.74 Å². The smallest absolute Gasteiger partial charge is 0.212 e. The predicted octanol–water partition coefficient (Wildman–Crippen LogP) is 1.70. The number of aryl methyl sites for hydroxylation is 1. The van der Waals surface area contributed by atoms with E-state index in [9.17, 15) is 8.42 Å². The van der Waals surface area contributed by atoms with Gasteiger partial charge in [0.1, 0.15) is 11.9 Å². The van der Waals surface area contributed by atoms with Crippen LogP contribution in [0.25, 0.3) is 0 Å². The van der Waals surface area contributed by atoms with Gasteiger partial charge in [0, 0.05) is 25.5 Å². The van der Waals surface area contributed by atoms with E-state index >= 15 is 0 Å². The lowest BCUT2D eigenvalue weighted by Gasteiger charge is -2.32. The number of aromatic nitrogens is 2. The molecule has 7 heteroatoms. The van der Waals surface area contributed by atoms with Gasteiger partial charge in [-0.2, -0.15) is 0 Å². The minimum Gasteiger partial charge on any atom is -0.369 e. The van der Waals surface area contributed by atoms with Gasteiger partial charge in [0.05, 0.1) is 11.8 Å². The number of ether oxygens (including phenoxy) is 1. The third-order valence-electron chi connectivity index (χ3n) is 3.55. The van der Waals surface area contributed by atoms with Crippen LogP contribution in [-0.4, -0.2) is 36.4 Å². The first-order chi connectivity index (χ1) is 9.93. The molecule has 1 aliphatic heterocycles. The number of nitrogens with zero attached hydrogens (tertiary/aromatic N) is 2. The van der Waals surface area contributed by atoms with Crippen molar-refractivity contribution in [1.29, 1.82) is 0 Å². The molecule has 0 spiro atoms. The fourth-order valence-corrected chi connectivity index (χ4v) is 4.40. The Morgan fingerprint density at radius 3 is 2.95 bits per heavy atom. The van der Waals surface area contributed by atoms with Crippen LogP contribution in [0.15, 0.2) is 12.4 Å². The highest BCUT2D eigenvalue weighted by molar-refractivity contribution is 7.89. The summed E-state index contributed by atoms with van der Waals surface area (Å²) in [5.74, 6) is 1.04. The summed E-state index contributed by atoms with van der Waals surface area (Å²) in [6.07, 6.45) is 4.95. The lowest BCUT2D eigenvalue weighted by Crippen LogP contribution is -2.44. The summed E-state index contributed by atoms with van der Waals surface area (Å²) in [6.45, 7) is 7.27. The van der Waals surface area contributed by atoms with Gasteiger partial charge in [0.15, 0.2) is 0 Å². The van der Waals surface area contributed by atoms with Crippen LogP contribution >= 0.6 is 0 Å². The molecule has 1 aromatic heterocycles. The molecule has 1 N–H and O–H groups in total. The van der Waals surface area contributed by atoms with Crippen LogP contribution in [0.4, 0.5) is 0 Å². The van der Waals surface area contributed by atoms with Crippen LogP contribution in [0.2, 0.25) is 0 Å². The van der Waals surface area contributed by atoms with Gasteiger partial charge in [-0.25, -0.2) is 18.1 Å². The maximum Gasteiger partial charge on any atom is 0.212 e. The second-order valence-electron chi connectivity index (χ2n) is 5.90. The third-order valence-corrected chi connectivity index (χ3v) is 5.32. The molecule has 0 saturated carbocycles. The van der Waals surface area contributed by atoms with Crippen LogP contribution in [-0.2, 0) is 21.3 Å². The Hall–Kier alpha value is -0.920. The molecule has 1 aromatic rings. The van der Waals surface area contributed by atoms with E-state index in [0.29, 0.717) is 6.61 Å². The Morgan fingerprint density at radius 1 is 1.52 bits per heavy atom. The summed E-state index contributed by atoms with van der Waals surface area (Å²) in [5, 5.41) is 0. The number of hydrogen-bond acceptors (Lipinski definition) is 4. The Labute approximate surface area is 127 Å². The summed E-state index contributed by atoms with van der Waals surface area (Å²) in [5.41, 5.74) is 0. The molecule has 2 heterocycles. The molecule has 120 valence electrons. The SMILES string of the molecule is CCn1ccnc1[C@@H]1OCCC[C@H]1NS(=O)(=O)CC(C)C. The highest BCUT2D eigenvalue weighted by Gasteiger charge is 2.33. The molecule has 0 bridgehead atoms. The second kappa shape index (κ2) is 6.89. The quantitative estimate of drug-likeness (QED) is 0.867. The van der Waals surface area contributed by atoms with E-state index in [-0.39, 0.29) is 23.8 Å². The molecule has 21 heavy (non-hydrogen) atoms. The number of imidazole rings is 1. The summed E-state index contributed by atoms with van der Waals surface area (Å²) in [6, 6.07) is -0.241. The van der Waals surface area contributed by atoms with Crippen LogP contribution in [0.3, 0.4) is 0 Å². The minimum absolute atomic E-state index is 0.100. The molecule has 1 saturated heterocycles. The molecule has 2 atom stereocenters. The first kappa shape index (κ1) is 16.5. The second-order valence-corrected chi connectivity index (χ2v) is 7.70. The van der Waals surface area contributed by atoms with E-state index in [1.54, 1.807) is 6.20 Å². The molecule has 0 radical (unpaired) electrons. The topological polar surface area (TPSA) is 73.2 Å². The maximum absolute atomic E-state index is 12.2. The molecule has 0 aromatic carbocycles. The zero-order chi connectivity index (χ0) is 15.5. The summed E-state index contributed by atoms with van der Waals surface area (Å²) in [4.78, 5) is 4.36. The number of hydrogen-bond donors (Lipinski definition) is 1. The van der Waals surface area contributed by atoms with E-state index in [0.717, 1.165) is 25.2 Å². The maximum atomic E-state index is 12.2. The van der Waals surface area contributed by atoms with E-state index in [2.05, 4.69) is 9.71 Å². The monoisotopic (exact) mass is 315 g/mol. The van der Waals surface area contributed by atoms with Crippen LogP contribution in [0.1, 0.15) is 45.5 Å². The highest BCUT2D eigenvalue weighted by atomic mass is 32.2. The average Bonchev–Trinajstić information content (AvgIpc) is 2.85. The van der Waals surface area contributed by atoms with Gasteiger partial charge in [-0.1, -0.05) is 13.8 Å². The van der Waals surface area contributed by atoms with Crippen molar-refractivity contribution in [3.05, 3.63) is 18.2 Å². The van der Waals surface area contributed by atoms with Gasteiger partial charge in [0.25, 0.3) is 0 Å². The molecule has 1 fully saturated rings. The van der Waals surface area contributed by atoms with Crippen molar-refractivity contribution in [3.63, 3.8) is 0 Å². The molecule has 6 nitrogen and oxygen atoms in total. The minimum atomic E-state index is -3.29. The standard InChI is InChI=1S/C14H25N3O3S/c1-4-17-8-7-15-14(17)13-12(6-5-9-20-13)16-21(18,19)10-11(2)3/h7-8,11-13,16H,4-6,9-10H2,1-3H3/t12-,13-/m1/s1. The zero-order valence-corrected chi connectivity index (χ0v) is 13.8.